The summed E-state index contributed by atoms with van der Waals surface area (Å²) in [6, 6.07) is 9.80. The van der Waals surface area contributed by atoms with Crippen molar-refractivity contribution in [2.45, 2.75) is 6.18 Å². The van der Waals surface area contributed by atoms with Crippen molar-refractivity contribution < 1.29 is 18.0 Å². The summed E-state index contributed by atoms with van der Waals surface area (Å²) in [5.74, 6) is 0. The zero-order chi connectivity index (χ0) is 17.2. The van der Waals surface area contributed by atoms with E-state index in [-0.39, 0.29) is 0 Å². The molecular weight excluding hydrogens is 337 g/mol. The number of carbonyl (C=O) groups is 1. The van der Waals surface area contributed by atoms with E-state index in [1.807, 2.05) is 5.38 Å². The molecule has 0 spiro atoms. The zero-order valence-corrected chi connectivity index (χ0v) is 13.0. The number of thiazole rings is 1. The Labute approximate surface area is 139 Å². The molecule has 0 fully saturated rings. The maximum absolute atomic E-state index is 12.6. The van der Waals surface area contributed by atoms with Gasteiger partial charge in [0, 0.05) is 34.1 Å². The van der Waals surface area contributed by atoms with Crippen molar-refractivity contribution in [2.24, 2.45) is 0 Å². The number of aromatic nitrogens is 1. The summed E-state index contributed by atoms with van der Waals surface area (Å²) in [7, 11) is 0. The van der Waals surface area contributed by atoms with Gasteiger partial charge in [-0.3, -0.25) is 4.79 Å². The van der Waals surface area contributed by atoms with E-state index in [1.54, 1.807) is 24.4 Å². The van der Waals surface area contributed by atoms with Crippen LogP contribution in [0.2, 0.25) is 0 Å². The monoisotopic (exact) mass is 348 g/mol. The minimum absolute atomic E-state index is 0.498. The maximum atomic E-state index is 12.6. The molecule has 0 radical (unpaired) electrons. The zero-order valence-electron chi connectivity index (χ0n) is 12.2. The summed E-state index contributed by atoms with van der Waals surface area (Å²) in [6.07, 6.45) is -1.98. The highest BCUT2D eigenvalue weighted by Crippen LogP contribution is 2.34. The van der Waals surface area contributed by atoms with Gasteiger partial charge in [-0.15, -0.1) is 11.3 Å². The van der Waals surface area contributed by atoms with Gasteiger partial charge in [-0.05, 0) is 42.5 Å². The smallest absolute Gasteiger partial charge is 0.355 e. The Bertz CT molecular complexity index is 843. The summed E-state index contributed by atoms with van der Waals surface area (Å²) in [6.45, 7) is 0. The number of rotatable bonds is 4. The van der Waals surface area contributed by atoms with Crippen LogP contribution in [0.5, 0.6) is 0 Å². The molecule has 24 heavy (non-hydrogen) atoms. The lowest BCUT2D eigenvalue weighted by Gasteiger charge is -2.12. The van der Waals surface area contributed by atoms with Crippen LogP contribution in [0, 0.1) is 0 Å². The van der Waals surface area contributed by atoms with E-state index >= 15 is 0 Å². The Hall–Kier alpha value is -2.67. The van der Waals surface area contributed by atoms with Crippen molar-refractivity contribution in [1.82, 2.24) is 4.98 Å². The second-order valence-electron chi connectivity index (χ2n) is 4.96. The van der Waals surface area contributed by atoms with Gasteiger partial charge in [0.15, 0.2) is 0 Å². The first-order valence-corrected chi connectivity index (χ1v) is 7.79. The van der Waals surface area contributed by atoms with Crippen LogP contribution in [-0.4, -0.2) is 11.3 Å². The highest BCUT2D eigenvalue weighted by Gasteiger charge is 2.29. The SMILES string of the molecule is O=Cc1ccc(Nc2ccc(C(F)(F)F)cc2)c(-c2nccs2)c1. The fraction of sp³-hybridized carbons (Fsp3) is 0.0588. The number of anilines is 2. The second-order valence-corrected chi connectivity index (χ2v) is 5.85. The number of carbonyl (C=O) groups excluding carboxylic acids is 1. The van der Waals surface area contributed by atoms with Gasteiger partial charge in [-0.1, -0.05) is 0 Å². The van der Waals surface area contributed by atoms with Gasteiger partial charge in [0.25, 0.3) is 0 Å². The first kappa shape index (κ1) is 16.2. The molecule has 0 saturated carbocycles. The predicted octanol–water partition coefficient (Wildman–Crippen LogP) is 5.39. The maximum Gasteiger partial charge on any atom is 0.416 e. The lowest BCUT2D eigenvalue weighted by Crippen LogP contribution is -2.04. The third kappa shape index (κ3) is 3.46. The molecule has 1 N–H and O–H groups in total. The molecule has 7 heteroatoms. The fourth-order valence-corrected chi connectivity index (χ4v) is 2.84. The van der Waals surface area contributed by atoms with E-state index in [0.717, 1.165) is 24.0 Å². The third-order valence-electron chi connectivity index (χ3n) is 3.33. The van der Waals surface area contributed by atoms with Crippen LogP contribution in [0.15, 0.2) is 54.0 Å². The Morgan fingerprint density at radius 2 is 1.83 bits per heavy atom. The van der Waals surface area contributed by atoms with Crippen LogP contribution >= 0.6 is 11.3 Å². The fourth-order valence-electron chi connectivity index (χ4n) is 2.18. The summed E-state index contributed by atoms with van der Waals surface area (Å²) in [5.41, 5.74) is 1.69. The van der Waals surface area contributed by atoms with E-state index in [1.165, 1.54) is 23.5 Å². The normalized spacial score (nSPS) is 11.3. The Kier molecular flexibility index (Phi) is 4.35. The molecule has 0 atom stereocenters. The van der Waals surface area contributed by atoms with Crippen molar-refractivity contribution >= 4 is 29.0 Å². The van der Waals surface area contributed by atoms with Crippen molar-refractivity contribution in [3.63, 3.8) is 0 Å². The first-order chi connectivity index (χ1) is 11.5. The van der Waals surface area contributed by atoms with Gasteiger partial charge in [0.05, 0.1) is 5.56 Å². The number of halogens is 3. The summed E-state index contributed by atoms with van der Waals surface area (Å²) in [5, 5.41) is 5.60. The van der Waals surface area contributed by atoms with Crippen LogP contribution in [-0.2, 0) is 6.18 Å². The Morgan fingerprint density at radius 1 is 1.08 bits per heavy atom. The van der Waals surface area contributed by atoms with E-state index < -0.39 is 11.7 Å². The van der Waals surface area contributed by atoms with Crippen LogP contribution in [0.3, 0.4) is 0 Å². The van der Waals surface area contributed by atoms with Gasteiger partial charge >= 0.3 is 6.18 Å². The number of hydrogen-bond donors (Lipinski definition) is 1. The van der Waals surface area contributed by atoms with Crippen molar-refractivity contribution in [1.29, 1.82) is 0 Å². The molecule has 0 amide bonds. The Balaban J connectivity index is 1.94. The predicted molar refractivity (Wildman–Crippen MR) is 87.7 cm³/mol. The lowest BCUT2D eigenvalue weighted by atomic mass is 10.1. The molecular formula is C17H11F3N2OS. The average Bonchev–Trinajstić information content (AvgIpc) is 3.09. The number of alkyl halides is 3. The van der Waals surface area contributed by atoms with Gasteiger partial charge in [-0.25, -0.2) is 4.98 Å². The van der Waals surface area contributed by atoms with Crippen LogP contribution in [0.4, 0.5) is 24.5 Å². The molecule has 0 aliphatic rings. The number of benzene rings is 2. The highest BCUT2D eigenvalue weighted by atomic mass is 32.1. The minimum atomic E-state index is -4.36. The van der Waals surface area contributed by atoms with Crippen molar-refractivity contribution in [3.05, 3.63) is 65.2 Å². The molecule has 1 heterocycles. The number of nitrogens with zero attached hydrogens (tertiary/aromatic N) is 1. The topological polar surface area (TPSA) is 42.0 Å². The molecule has 0 bridgehead atoms. The van der Waals surface area contributed by atoms with E-state index in [2.05, 4.69) is 10.3 Å². The molecule has 3 rings (SSSR count). The molecule has 0 saturated heterocycles. The molecule has 1 aromatic heterocycles. The summed E-state index contributed by atoms with van der Waals surface area (Å²) in [4.78, 5) is 15.2. The molecule has 122 valence electrons. The first-order valence-electron chi connectivity index (χ1n) is 6.91. The number of nitrogens with one attached hydrogen (secondary N) is 1. The average molecular weight is 348 g/mol. The van der Waals surface area contributed by atoms with Gasteiger partial charge in [-0.2, -0.15) is 13.2 Å². The highest BCUT2D eigenvalue weighted by molar-refractivity contribution is 7.13. The second kappa shape index (κ2) is 6.45. The van der Waals surface area contributed by atoms with Gasteiger partial charge < -0.3 is 5.32 Å². The largest absolute Gasteiger partial charge is 0.416 e. The van der Waals surface area contributed by atoms with Crippen LogP contribution in [0.1, 0.15) is 15.9 Å². The van der Waals surface area contributed by atoms with Gasteiger partial charge in [0.2, 0.25) is 0 Å². The van der Waals surface area contributed by atoms with Crippen LogP contribution < -0.4 is 5.32 Å². The van der Waals surface area contributed by atoms with Gasteiger partial charge in [0.1, 0.15) is 11.3 Å². The van der Waals surface area contributed by atoms with E-state index in [0.29, 0.717) is 21.9 Å². The van der Waals surface area contributed by atoms with Crippen molar-refractivity contribution in [3.8, 4) is 10.6 Å². The number of aldehydes is 1. The summed E-state index contributed by atoms with van der Waals surface area (Å²) >= 11 is 1.41. The molecule has 0 unspecified atom stereocenters. The lowest BCUT2D eigenvalue weighted by molar-refractivity contribution is -0.137. The van der Waals surface area contributed by atoms with E-state index in [9.17, 15) is 18.0 Å². The standard InChI is InChI=1S/C17H11F3N2OS/c18-17(19,20)12-2-4-13(5-3-12)22-15-6-1-11(10-23)9-14(15)16-21-7-8-24-16/h1-10,22H. The third-order valence-corrected chi connectivity index (χ3v) is 4.14. The number of hydrogen-bond acceptors (Lipinski definition) is 4. The van der Waals surface area contributed by atoms with Crippen molar-refractivity contribution in [2.75, 3.05) is 5.32 Å². The molecule has 0 aliphatic heterocycles. The Morgan fingerprint density at radius 3 is 2.42 bits per heavy atom. The van der Waals surface area contributed by atoms with E-state index in [4.69, 9.17) is 0 Å². The molecule has 3 aromatic rings. The molecule has 2 aromatic carbocycles. The minimum Gasteiger partial charge on any atom is -0.355 e. The molecule has 3 nitrogen and oxygen atoms in total. The van der Waals surface area contributed by atoms with Crippen LogP contribution in [0.25, 0.3) is 10.6 Å². The molecule has 0 aliphatic carbocycles. The summed E-state index contributed by atoms with van der Waals surface area (Å²) < 4.78 is 37.9. The quantitative estimate of drug-likeness (QED) is 0.643.